The summed E-state index contributed by atoms with van der Waals surface area (Å²) in [5.41, 5.74) is 2.71. The third-order valence-corrected chi connectivity index (χ3v) is 3.06. The lowest BCUT2D eigenvalue weighted by molar-refractivity contribution is 0.310. The van der Waals surface area contributed by atoms with Gasteiger partial charge in [-0.3, -0.25) is 0 Å². The number of H-pyrrole nitrogens is 1. The molecule has 1 heterocycles. The Hall–Kier alpha value is -2.30. The Morgan fingerprint density at radius 2 is 2.15 bits per heavy atom. The van der Waals surface area contributed by atoms with Gasteiger partial charge in [-0.15, -0.1) is 0 Å². The molecule has 2 aromatic rings. The Balaban J connectivity index is 1.79. The highest BCUT2D eigenvalue weighted by Gasteiger charge is 2.02. The van der Waals surface area contributed by atoms with Crippen LogP contribution in [0.4, 0.5) is 0 Å². The van der Waals surface area contributed by atoms with Crippen molar-refractivity contribution in [3.8, 4) is 5.75 Å². The average molecular weight is 273 g/mol. The summed E-state index contributed by atoms with van der Waals surface area (Å²) in [7, 11) is 0. The van der Waals surface area contributed by atoms with Gasteiger partial charge in [-0.1, -0.05) is 12.1 Å². The summed E-state index contributed by atoms with van der Waals surface area (Å²) < 4.78 is 5.67. The number of hydrogen-bond acceptors (Lipinski definition) is 4. The topological polar surface area (TPSA) is 70.5 Å². The maximum atomic E-state index is 8.86. The van der Waals surface area contributed by atoms with Gasteiger partial charge in [0.1, 0.15) is 5.75 Å². The summed E-state index contributed by atoms with van der Waals surface area (Å²) in [5, 5.41) is 12.1. The van der Waals surface area contributed by atoms with E-state index in [2.05, 4.69) is 15.1 Å². The van der Waals surface area contributed by atoms with Gasteiger partial charge in [0.05, 0.1) is 18.6 Å². The minimum atomic E-state index is 0.660. The second-order valence-electron chi connectivity index (χ2n) is 4.45. The molecule has 0 atom stereocenters. The zero-order valence-corrected chi connectivity index (χ0v) is 11.5. The predicted molar refractivity (Wildman–Crippen MR) is 77.5 cm³/mol. The standard InChI is InChI=1S/C15H19N3O2/c1-2-15(18-19)12-5-7-14(8-6-12)20-9-3-4-13-10-16-11-17-13/h5-8,10-11,19H,2-4,9H2,1H3,(H,16,17)/b18-15+. The Labute approximate surface area is 118 Å². The van der Waals surface area contributed by atoms with Crippen LogP contribution in [0.15, 0.2) is 41.9 Å². The molecule has 0 fully saturated rings. The molecule has 0 saturated heterocycles. The number of aryl methyl sites for hydroxylation is 1. The van der Waals surface area contributed by atoms with E-state index >= 15 is 0 Å². The summed E-state index contributed by atoms with van der Waals surface area (Å²) >= 11 is 0. The summed E-state index contributed by atoms with van der Waals surface area (Å²) in [6.45, 7) is 2.61. The predicted octanol–water partition coefficient (Wildman–Crippen LogP) is 3.01. The van der Waals surface area contributed by atoms with Crippen LogP contribution in [0.1, 0.15) is 31.0 Å². The van der Waals surface area contributed by atoms with Crippen molar-refractivity contribution in [2.75, 3.05) is 6.61 Å². The minimum Gasteiger partial charge on any atom is -0.494 e. The fourth-order valence-corrected chi connectivity index (χ4v) is 1.95. The number of ether oxygens (including phenoxy) is 1. The van der Waals surface area contributed by atoms with Crippen LogP contribution in [0.3, 0.4) is 0 Å². The lowest BCUT2D eigenvalue weighted by Crippen LogP contribution is -2.01. The maximum absolute atomic E-state index is 8.86. The first-order valence-electron chi connectivity index (χ1n) is 6.75. The third-order valence-electron chi connectivity index (χ3n) is 3.06. The summed E-state index contributed by atoms with van der Waals surface area (Å²) in [6.07, 6.45) is 6.07. The Bertz CT molecular complexity index is 533. The molecule has 0 bridgehead atoms. The smallest absolute Gasteiger partial charge is 0.119 e. The zero-order valence-electron chi connectivity index (χ0n) is 11.5. The normalized spacial score (nSPS) is 11.6. The molecule has 0 aliphatic carbocycles. The van der Waals surface area contributed by atoms with Crippen molar-refractivity contribution in [3.63, 3.8) is 0 Å². The largest absolute Gasteiger partial charge is 0.494 e. The van der Waals surface area contributed by atoms with Crippen molar-refractivity contribution in [3.05, 3.63) is 48.0 Å². The highest BCUT2D eigenvalue weighted by molar-refractivity contribution is 6.00. The number of hydrogen-bond donors (Lipinski definition) is 2. The fraction of sp³-hybridized carbons (Fsp3) is 0.333. The van der Waals surface area contributed by atoms with Gasteiger partial charge in [0.15, 0.2) is 0 Å². The van der Waals surface area contributed by atoms with Gasteiger partial charge >= 0.3 is 0 Å². The van der Waals surface area contributed by atoms with E-state index in [-0.39, 0.29) is 0 Å². The monoisotopic (exact) mass is 273 g/mol. The van der Waals surface area contributed by atoms with Crippen LogP contribution in [-0.2, 0) is 6.42 Å². The van der Waals surface area contributed by atoms with Crippen LogP contribution < -0.4 is 4.74 Å². The molecular formula is C15H19N3O2. The first-order valence-corrected chi connectivity index (χ1v) is 6.75. The molecule has 0 saturated carbocycles. The quantitative estimate of drug-likeness (QED) is 0.352. The molecule has 2 rings (SSSR count). The van der Waals surface area contributed by atoms with Gasteiger partial charge in [0.25, 0.3) is 0 Å². The SMILES string of the molecule is CC/C(=N\O)c1ccc(OCCCc2cnc[nH]2)cc1. The third kappa shape index (κ3) is 3.85. The molecule has 0 radical (unpaired) electrons. The van der Waals surface area contributed by atoms with Crippen LogP contribution >= 0.6 is 0 Å². The van der Waals surface area contributed by atoms with Crippen LogP contribution in [0.2, 0.25) is 0 Å². The number of oxime groups is 1. The molecule has 0 aliphatic heterocycles. The lowest BCUT2D eigenvalue weighted by atomic mass is 10.1. The van der Waals surface area contributed by atoms with Crippen molar-refractivity contribution < 1.29 is 9.94 Å². The van der Waals surface area contributed by atoms with Gasteiger partial charge in [-0.25, -0.2) is 4.98 Å². The van der Waals surface area contributed by atoms with Gasteiger partial charge in [0.2, 0.25) is 0 Å². The number of nitrogens with one attached hydrogen (secondary N) is 1. The van der Waals surface area contributed by atoms with Crippen LogP contribution in [0, 0.1) is 0 Å². The van der Waals surface area contributed by atoms with E-state index in [0.29, 0.717) is 18.7 Å². The van der Waals surface area contributed by atoms with E-state index in [9.17, 15) is 0 Å². The molecule has 2 N–H and O–H groups in total. The van der Waals surface area contributed by atoms with Crippen LogP contribution in [-0.4, -0.2) is 27.5 Å². The van der Waals surface area contributed by atoms with Gasteiger partial charge in [-0.05, 0) is 49.1 Å². The van der Waals surface area contributed by atoms with Crippen molar-refractivity contribution in [1.29, 1.82) is 0 Å². The molecule has 1 aromatic carbocycles. The van der Waals surface area contributed by atoms with E-state index in [1.54, 1.807) is 6.33 Å². The molecule has 5 nitrogen and oxygen atoms in total. The number of aromatic nitrogens is 2. The Morgan fingerprint density at radius 3 is 2.75 bits per heavy atom. The molecule has 106 valence electrons. The molecule has 0 aliphatic rings. The summed E-state index contributed by atoms with van der Waals surface area (Å²) in [4.78, 5) is 7.04. The van der Waals surface area contributed by atoms with E-state index in [1.807, 2.05) is 37.4 Å². The van der Waals surface area contributed by atoms with E-state index < -0.39 is 0 Å². The first-order chi connectivity index (χ1) is 9.83. The minimum absolute atomic E-state index is 0.660. The van der Waals surface area contributed by atoms with Gasteiger partial charge in [0, 0.05) is 11.9 Å². The second-order valence-corrected chi connectivity index (χ2v) is 4.45. The zero-order chi connectivity index (χ0) is 14.2. The van der Waals surface area contributed by atoms with Crippen LogP contribution in [0.25, 0.3) is 0 Å². The van der Waals surface area contributed by atoms with E-state index in [4.69, 9.17) is 9.94 Å². The first kappa shape index (κ1) is 14.1. The number of aromatic amines is 1. The number of rotatable bonds is 7. The Kier molecular flexibility index (Phi) is 5.17. The molecule has 20 heavy (non-hydrogen) atoms. The lowest BCUT2D eigenvalue weighted by Gasteiger charge is -2.07. The highest BCUT2D eigenvalue weighted by atomic mass is 16.5. The summed E-state index contributed by atoms with van der Waals surface area (Å²) in [5.74, 6) is 0.826. The van der Waals surface area contributed by atoms with Crippen LogP contribution in [0.5, 0.6) is 5.75 Å². The number of imidazole rings is 1. The number of benzene rings is 1. The molecule has 1 aromatic heterocycles. The number of nitrogens with zero attached hydrogens (tertiary/aromatic N) is 2. The highest BCUT2D eigenvalue weighted by Crippen LogP contribution is 2.14. The van der Waals surface area contributed by atoms with E-state index in [1.165, 1.54) is 0 Å². The second kappa shape index (κ2) is 7.33. The fourth-order valence-electron chi connectivity index (χ4n) is 1.95. The van der Waals surface area contributed by atoms with Gasteiger partial charge < -0.3 is 14.9 Å². The van der Waals surface area contributed by atoms with Gasteiger partial charge in [-0.2, -0.15) is 0 Å². The van der Waals surface area contributed by atoms with Crippen molar-refractivity contribution in [2.45, 2.75) is 26.2 Å². The molecule has 0 amide bonds. The molecule has 0 unspecified atom stereocenters. The Morgan fingerprint density at radius 1 is 1.35 bits per heavy atom. The van der Waals surface area contributed by atoms with Crippen molar-refractivity contribution in [2.24, 2.45) is 5.16 Å². The van der Waals surface area contributed by atoms with Crippen molar-refractivity contribution >= 4 is 5.71 Å². The van der Waals surface area contributed by atoms with E-state index in [0.717, 1.165) is 29.8 Å². The van der Waals surface area contributed by atoms with Crippen molar-refractivity contribution in [1.82, 2.24) is 9.97 Å². The molecular weight excluding hydrogens is 254 g/mol. The molecule has 5 heteroatoms. The summed E-state index contributed by atoms with van der Waals surface area (Å²) in [6, 6.07) is 7.60. The average Bonchev–Trinajstić information content (AvgIpc) is 3.00. The maximum Gasteiger partial charge on any atom is 0.119 e. The molecule has 0 spiro atoms.